The van der Waals surface area contributed by atoms with Crippen LogP contribution in [0.1, 0.15) is 18.4 Å². The number of nitrogens with two attached hydrogens (primary N) is 1. The molecule has 0 bridgehead atoms. The molecule has 0 radical (unpaired) electrons. The van der Waals surface area contributed by atoms with Crippen LogP contribution in [0, 0.1) is 0 Å². The zero-order valence-electron chi connectivity index (χ0n) is 13.8. The fourth-order valence-electron chi connectivity index (χ4n) is 3.31. The van der Waals surface area contributed by atoms with Crippen molar-refractivity contribution in [3.63, 3.8) is 0 Å². The average Bonchev–Trinajstić information content (AvgIpc) is 2.79. The van der Waals surface area contributed by atoms with Gasteiger partial charge in [0.25, 0.3) is 5.91 Å². The molecule has 0 fully saturated rings. The summed E-state index contributed by atoms with van der Waals surface area (Å²) in [7, 11) is 1.38. The number of allylic oxidation sites excluding steroid dienone is 1. The van der Waals surface area contributed by atoms with E-state index in [1.807, 2.05) is 0 Å². The number of benzene rings is 1. The van der Waals surface area contributed by atoms with E-state index in [9.17, 15) is 22.4 Å². The van der Waals surface area contributed by atoms with E-state index < -0.39 is 30.4 Å². The highest BCUT2D eigenvalue weighted by Gasteiger charge is 2.52. The Balaban J connectivity index is 2.16. The smallest absolute Gasteiger partial charge is 0.387 e. The van der Waals surface area contributed by atoms with Crippen LogP contribution in [0.4, 0.5) is 17.6 Å². The van der Waals surface area contributed by atoms with Gasteiger partial charge in [-0.25, -0.2) is 13.8 Å². The lowest BCUT2D eigenvalue weighted by Gasteiger charge is -2.32. The number of nitrogens with zero attached hydrogens (tertiary/aromatic N) is 2. The topological polar surface area (TPSA) is 67.9 Å². The summed E-state index contributed by atoms with van der Waals surface area (Å²) < 4.78 is 57.4. The van der Waals surface area contributed by atoms with Crippen LogP contribution < -0.4 is 10.5 Å². The molecule has 26 heavy (non-hydrogen) atoms. The molecule has 140 valence electrons. The fraction of sp³-hybridized carbons (Fsp3) is 0.412. The Hall–Kier alpha value is -2.58. The summed E-state index contributed by atoms with van der Waals surface area (Å²) in [6.07, 6.45) is -2.43. The first-order valence-corrected chi connectivity index (χ1v) is 7.92. The first-order chi connectivity index (χ1) is 12.2. The monoisotopic (exact) mass is 371 g/mol. The number of ether oxygens (including phenoxy) is 1. The molecule has 2 aliphatic rings. The summed E-state index contributed by atoms with van der Waals surface area (Å²) in [5.41, 5.74) is 4.23. The van der Waals surface area contributed by atoms with Crippen LogP contribution in [0.2, 0.25) is 0 Å². The SMILES string of the molecule is CN1C(=O)C(C2=CC(F)CC(F)C2)(c2cccc(OC(F)F)c2)N=C1N. The van der Waals surface area contributed by atoms with Crippen molar-refractivity contribution in [1.29, 1.82) is 0 Å². The van der Waals surface area contributed by atoms with Gasteiger partial charge in [-0.15, -0.1) is 0 Å². The maximum absolute atomic E-state index is 14.0. The Labute approximate surface area is 147 Å². The molecule has 0 saturated carbocycles. The van der Waals surface area contributed by atoms with Gasteiger partial charge < -0.3 is 10.5 Å². The van der Waals surface area contributed by atoms with Gasteiger partial charge in [0.1, 0.15) is 18.1 Å². The maximum atomic E-state index is 14.0. The highest BCUT2D eigenvalue weighted by molar-refractivity contribution is 6.08. The van der Waals surface area contributed by atoms with E-state index in [2.05, 4.69) is 9.73 Å². The van der Waals surface area contributed by atoms with Gasteiger partial charge in [0.2, 0.25) is 0 Å². The van der Waals surface area contributed by atoms with Crippen molar-refractivity contribution in [3.05, 3.63) is 41.5 Å². The molecule has 0 spiro atoms. The number of hydrogen-bond donors (Lipinski definition) is 1. The Bertz CT molecular complexity index is 783. The molecule has 1 aliphatic heterocycles. The summed E-state index contributed by atoms with van der Waals surface area (Å²) in [6, 6.07) is 5.35. The van der Waals surface area contributed by atoms with Crippen molar-refractivity contribution in [2.75, 3.05) is 7.05 Å². The summed E-state index contributed by atoms with van der Waals surface area (Å²) in [5.74, 6) is -0.942. The molecule has 2 N–H and O–H groups in total. The number of rotatable bonds is 4. The molecule has 9 heteroatoms. The summed E-state index contributed by atoms with van der Waals surface area (Å²) >= 11 is 0. The highest BCUT2D eigenvalue weighted by atomic mass is 19.3. The van der Waals surface area contributed by atoms with Crippen molar-refractivity contribution in [3.8, 4) is 5.75 Å². The van der Waals surface area contributed by atoms with Crippen molar-refractivity contribution in [2.45, 2.75) is 37.3 Å². The van der Waals surface area contributed by atoms with Gasteiger partial charge >= 0.3 is 6.61 Å². The van der Waals surface area contributed by atoms with E-state index in [-0.39, 0.29) is 35.7 Å². The van der Waals surface area contributed by atoms with Gasteiger partial charge in [-0.2, -0.15) is 8.78 Å². The lowest BCUT2D eigenvalue weighted by Crippen LogP contribution is -2.43. The van der Waals surface area contributed by atoms with Crippen molar-refractivity contribution in [1.82, 2.24) is 4.90 Å². The Morgan fingerprint density at radius 2 is 2.12 bits per heavy atom. The van der Waals surface area contributed by atoms with Crippen molar-refractivity contribution in [2.24, 2.45) is 10.7 Å². The summed E-state index contributed by atoms with van der Waals surface area (Å²) in [5, 5.41) is 0. The minimum atomic E-state index is -3.06. The molecular weight excluding hydrogens is 354 g/mol. The molecule has 5 nitrogen and oxygen atoms in total. The van der Waals surface area contributed by atoms with Crippen LogP contribution in [0.3, 0.4) is 0 Å². The number of carbonyl (C=O) groups excluding carboxylic acids is 1. The number of guanidine groups is 1. The van der Waals surface area contributed by atoms with Crippen molar-refractivity contribution >= 4 is 11.9 Å². The minimum absolute atomic E-state index is 0.107. The zero-order chi connectivity index (χ0) is 19.1. The van der Waals surface area contributed by atoms with Gasteiger partial charge in [-0.3, -0.25) is 9.69 Å². The van der Waals surface area contributed by atoms with E-state index in [1.165, 1.54) is 31.3 Å². The van der Waals surface area contributed by atoms with E-state index in [4.69, 9.17) is 5.73 Å². The summed E-state index contributed by atoms with van der Waals surface area (Å²) in [6.45, 7) is -3.06. The zero-order valence-corrected chi connectivity index (χ0v) is 13.8. The van der Waals surface area contributed by atoms with E-state index >= 15 is 0 Å². The van der Waals surface area contributed by atoms with Crippen LogP contribution in [0.5, 0.6) is 5.75 Å². The lowest BCUT2D eigenvalue weighted by molar-refractivity contribution is -0.129. The first kappa shape index (κ1) is 18.2. The second kappa shape index (κ2) is 6.62. The van der Waals surface area contributed by atoms with Gasteiger partial charge in [0, 0.05) is 19.9 Å². The average molecular weight is 371 g/mol. The number of amides is 1. The number of halogens is 4. The molecule has 1 heterocycles. The third kappa shape index (κ3) is 3.02. The number of likely N-dealkylation sites (N-methyl/N-ethyl adjacent to an activating group) is 1. The molecule has 3 atom stereocenters. The van der Waals surface area contributed by atoms with Crippen LogP contribution in [0.15, 0.2) is 40.9 Å². The normalized spacial score (nSPS) is 29.0. The third-order valence-corrected chi connectivity index (χ3v) is 4.49. The number of hydrogen-bond acceptors (Lipinski definition) is 4. The van der Waals surface area contributed by atoms with Crippen molar-refractivity contribution < 1.29 is 27.1 Å². The Kier molecular flexibility index (Phi) is 4.64. The number of carbonyl (C=O) groups is 1. The largest absolute Gasteiger partial charge is 0.435 e. The van der Waals surface area contributed by atoms with E-state index in [0.717, 1.165) is 11.0 Å². The first-order valence-electron chi connectivity index (χ1n) is 7.92. The lowest BCUT2D eigenvalue weighted by atomic mass is 9.77. The molecule has 0 saturated heterocycles. The quantitative estimate of drug-likeness (QED) is 0.654. The number of alkyl halides is 4. The van der Waals surface area contributed by atoms with Gasteiger partial charge in [0.05, 0.1) is 0 Å². The van der Waals surface area contributed by atoms with Crippen LogP contribution in [0.25, 0.3) is 0 Å². The molecule has 1 amide bonds. The third-order valence-electron chi connectivity index (χ3n) is 4.49. The van der Waals surface area contributed by atoms with E-state index in [1.54, 1.807) is 0 Å². The molecule has 1 aliphatic carbocycles. The Morgan fingerprint density at radius 1 is 1.38 bits per heavy atom. The van der Waals surface area contributed by atoms with Gasteiger partial charge in [-0.1, -0.05) is 12.1 Å². The predicted molar refractivity (Wildman–Crippen MR) is 86.3 cm³/mol. The second-order valence-corrected chi connectivity index (χ2v) is 6.20. The fourth-order valence-corrected chi connectivity index (χ4v) is 3.31. The molecule has 3 unspecified atom stereocenters. The molecule has 1 aromatic carbocycles. The molecular formula is C17H17F4N3O2. The van der Waals surface area contributed by atoms with Crippen LogP contribution >= 0.6 is 0 Å². The Morgan fingerprint density at radius 3 is 2.69 bits per heavy atom. The number of aliphatic imine (C=N–C) groups is 1. The second-order valence-electron chi connectivity index (χ2n) is 6.20. The van der Waals surface area contributed by atoms with Gasteiger partial charge in [0.15, 0.2) is 11.5 Å². The van der Waals surface area contributed by atoms with Crippen LogP contribution in [-0.4, -0.2) is 42.8 Å². The predicted octanol–water partition coefficient (Wildman–Crippen LogP) is 2.67. The molecule has 3 rings (SSSR count). The minimum Gasteiger partial charge on any atom is -0.435 e. The highest BCUT2D eigenvalue weighted by Crippen LogP contribution is 2.44. The maximum Gasteiger partial charge on any atom is 0.387 e. The van der Waals surface area contributed by atoms with Crippen LogP contribution in [-0.2, 0) is 10.3 Å². The molecule has 0 aromatic heterocycles. The standard InChI is InChI=1S/C17H17F4N3O2/c1-24-14(25)17(23-16(24)22,10-5-11(18)8-12(19)6-10)9-3-2-4-13(7-9)26-15(20)21/h2-5,7,11-12,15H,6,8H2,1H3,(H2,22,23). The molecule has 1 aromatic rings. The summed E-state index contributed by atoms with van der Waals surface area (Å²) in [4.78, 5) is 18.2. The van der Waals surface area contributed by atoms with E-state index in [0.29, 0.717) is 0 Å². The van der Waals surface area contributed by atoms with Gasteiger partial charge in [-0.05, 0) is 29.3 Å².